The number of nitrogens with zero attached hydrogens (tertiary/aromatic N) is 1. The van der Waals surface area contributed by atoms with Crippen molar-refractivity contribution in [2.45, 2.75) is 38.1 Å². The van der Waals surface area contributed by atoms with Gasteiger partial charge in [0.1, 0.15) is 0 Å². The molecule has 1 aliphatic rings. The summed E-state index contributed by atoms with van der Waals surface area (Å²) in [5.74, 6) is -0.186. The maximum absolute atomic E-state index is 13.0. The van der Waals surface area contributed by atoms with Crippen molar-refractivity contribution in [2.24, 2.45) is 5.92 Å². The van der Waals surface area contributed by atoms with Crippen LogP contribution in [0.1, 0.15) is 37.6 Å². The van der Waals surface area contributed by atoms with Crippen LogP contribution in [0.4, 0.5) is 0 Å². The molecule has 1 aliphatic heterocycles. The Kier molecular flexibility index (Phi) is 5.51. The van der Waals surface area contributed by atoms with Crippen molar-refractivity contribution in [3.05, 3.63) is 29.8 Å². The number of sulfonamides is 1. The molecule has 0 N–H and O–H groups in total. The number of hydrogen-bond acceptors (Lipinski definition) is 5. The van der Waals surface area contributed by atoms with Gasteiger partial charge in [0, 0.05) is 18.2 Å². The van der Waals surface area contributed by atoms with Crippen LogP contribution in [0.3, 0.4) is 0 Å². The third kappa shape index (κ3) is 4.23. The number of Topliss-reactive ketones (excluding diaryl/α,β-unsaturated/α-hetero) is 1. The molecule has 6 nitrogen and oxygen atoms in total. The van der Waals surface area contributed by atoms with Crippen molar-refractivity contribution in [3.8, 4) is 0 Å². The lowest BCUT2D eigenvalue weighted by Crippen LogP contribution is -2.43. The lowest BCUT2D eigenvalue weighted by Gasteiger charge is -2.29. The summed E-state index contributed by atoms with van der Waals surface area (Å²) in [7, 11) is -7.00. The van der Waals surface area contributed by atoms with Gasteiger partial charge in [-0.05, 0) is 31.4 Å². The molecule has 0 saturated carbocycles. The zero-order valence-electron chi connectivity index (χ0n) is 14.1. The monoisotopic (exact) mass is 373 g/mol. The van der Waals surface area contributed by atoms with Crippen LogP contribution >= 0.6 is 0 Å². The number of sulfone groups is 1. The van der Waals surface area contributed by atoms with Crippen molar-refractivity contribution in [1.82, 2.24) is 4.31 Å². The molecule has 0 spiro atoms. The second-order valence-electron chi connectivity index (χ2n) is 6.61. The summed E-state index contributed by atoms with van der Waals surface area (Å²) >= 11 is 0. The van der Waals surface area contributed by atoms with E-state index in [9.17, 15) is 21.6 Å². The van der Waals surface area contributed by atoms with Crippen LogP contribution < -0.4 is 0 Å². The zero-order valence-corrected chi connectivity index (χ0v) is 15.7. The molecule has 0 radical (unpaired) electrons. The molecule has 0 bridgehead atoms. The number of carbonyl (C=O) groups is 1. The van der Waals surface area contributed by atoms with E-state index < -0.39 is 25.9 Å². The summed E-state index contributed by atoms with van der Waals surface area (Å²) in [6.07, 6.45) is 0.319. The molecule has 1 fully saturated rings. The SMILES string of the molecule is CC(=O)c1ccc(S(=O)(=O)N(CC(C)C)[C@@H]2CCS(=O)(=O)C2)cc1. The average Bonchev–Trinajstić information content (AvgIpc) is 2.84. The second-order valence-corrected chi connectivity index (χ2v) is 10.7. The number of hydrogen-bond donors (Lipinski definition) is 0. The maximum atomic E-state index is 13.0. The fourth-order valence-electron chi connectivity index (χ4n) is 2.80. The average molecular weight is 373 g/mol. The third-order valence-corrected chi connectivity index (χ3v) is 7.71. The number of rotatable bonds is 6. The van der Waals surface area contributed by atoms with E-state index in [1.807, 2.05) is 13.8 Å². The minimum Gasteiger partial charge on any atom is -0.295 e. The Morgan fingerprint density at radius 2 is 1.83 bits per heavy atom. The summed E-state index contributed by atoms with van der Waals surface area (Å²) in [6, 6.07) is 5.24. The third-order valence-electron chi connectivity index (χ3n) is 4.03. The first kappa shape index (κ1) is 19.1. The summed E-state index contributed by atoms with van der Waals surface area (Å²) < 4.78 is 50.8. The van der Waals surface area contributed by atoms with E-state index in [1.165, 1.54) is 35.5 Å². The largest absolute Gasteiger partial charge is 0.295 e. The molecule has 1 aromatic rings. The Morgan fingerprint density at radius 1 is 1.25 bits per heavy atom. The van der Waals surface area contributed by atoms with Crippen molar-refractivity contribution in [1.29, 1.82) is 0 Å². The first-order valence-corrected chi connectivity index (χ1v) is 11.1. The Morgan fingerprint density at radius 3 is 2.25 bits per heavy atom. The van der Waals surface area contributed by atoms with E-state index in [4.69, 9.17) is 0 Å². The number of carbonyl (C=O) groups excluding carboxylic acids is 1. The maximum Gasteiger partial charge on any atom is 0.243 e. The highest BCUT2D eigenvalue weighted by Crippen LogP contribution is 2.26. The van der Waals surface area contributed by atoms with Crippen LogP contribution in [-0.2, 0) is 19.9 Å². The minimum absolute atomic E-state index is 0.0189. The van der Waals surface area contributed by atoms with Crippen molar-refractivity contribution in [2.75, 3.05) is 18.1 Å². The number of benzene rings is 1. The molecule has 134 valence electrons. The molecular weight excluding hydrogens is 350 g/mol. The normalized spacial score (nSPS) is 20.6. The molecule has 1 saturated heterocycles. The van der Waals surface area contributed by atoms with E-state index in [0.29, 0.717) is 12.0 Å². The Balaban J connectivity index is 2.38. The lowest BCUT2D eigenvalue weighted by atomic mass is 10.2. The van der Waals surface area contributed by atoms with Gasteiger partial charge >= 0.3 is 0 Å². The van der Waals surface area contributed by atoms with Crippen LogP contribution in [0.15, 0.2) is 29.2 Å². The Bertz CT molecular complexity index is 811. The Labute approximate surface area is 143 Å². The molecule has 0 aliphatic carbocycles. The van der Waals surface area contributed by atoms with Crippen LogP contribution in [0.25, 0.3) is 0 Å². The fourth-order valence-corrected chi connectivity index (χ4v) is 6.45. The van der Waals surface area contributed by atoms with Crippen LogP contribution in [0.5, 0.6) is 0 Å². The first-order valence-electron chi connectivity index (χ1n) is 7.86. The van der Waals surface area contributed by atoms with E-state index in [0.717, 1.165) is 0 Å². The summed E-state index contributed by atoms with van der Waals surface area (Å²) in [5, 5.41) is 0. The smallest absolute Gasteiger partial charge is 0.243 e. The standard InChI is InChI=1S/C16H23NO5S2/c1-12(2)10-17(15-8-9-23(19,20)11-15)24(21,22)16-6-4-14(5-7-16)13(3)18/h4-7,12,15H,8-11H2,1-3H3/t15-/m1/s1. The van der Waals surface area contributed by atoms with Gasteiger partial charge in [-0.15, -0.1) is 0 Å². The molecule has 8 heteroatoms. The summed E-state index contributed by atoms with van der Waals surface area (Å²) in [5.41, 5.74) is 0.438. The van der Waals surface area contributed by atoms with Crippen LogP contribution in [0.2, 0.25) is 0 Å². The van der Waals surface area contributed by atoms with E-state index in [2.05, 4.69) is 0 Å². The quantitative estimate of drug-likeness (QED) is 0.709. The van der Waals surface area contributed by atoms with Crippen molar-refractivity contribution in [3.63, 3.8) is 0 Å². The molecule has 1 heterocycles. The van der Waals surface area contributed by atoms with Gasteiger partial charge in [-0.3, -0.25) is 4.79 Å². The predicted octanol–water partition coefficient (Wildman–Crippen LogP) is 1.72. The van der Waals surface area contributed by atoms with E-state index in [1.54, 1.807) is 0 Å². The molecule has 0 unspecified atom stereocenters. The minimum atomic E-state index is -3.81. The van der Waals surface area contributed by atoms with E-state index in [-0.39, 0.29) is 34.6 Å². The van der Waals surface area contributed by atoms with Crippen LogP contribution in [-0.4, -0.2) is 51.0 Å². The van der Waals surface area contributed by atoms with Gasteiger partial charge in [0.25, 0.3) is 0 Å². The highest BCUT2D eigenvalue weighted by Gasteiger charge is 2.38. The van der Waals surface area contributed by atoms with Gasteiger partial charge in [-0.25, -0.2) is 16.8 Å². The molecular formula is C16H23NO5S2. The van der Waals surface area contributed by atoms with Gasteiger partial charge in [0.2, 0.25) is 10.0 Å². The molecule has 1 atom stereocenters. The molecule has 2 rings (SSSR count). The molecule has 0 aromatic heterocycles. The van der Waals surface area contributed by atoms with Crippen molar-refractivity contribution < 1.29 is 21.6 Å². The highest BCUT2D eigenvalue weighted by molar-refractivity contribution is 7.92. The molecule has 1 aromatic carbocycles. The zero-order chi connectivity index (χ0) is 18.1. The highest BCUT2D eigenvalue weighted by atomic mass is 32.2. The molecule has 0 amide bonds. The van der Waals surface area contributed by atoms with Crippen LogP contribution in [0, 0.1) is 5.92 Å². The topological polar surface area (TPSA) is 88.6 Å². The van der Waals surface area contributed by atoms with Gasteiger partial charge in [-0.1, -0.05) is 26.0 Å². The van der Waals surface area contributed by atoms with Gasteiger partial charge in [-0.2, -0.15) is 4.31 Å². The van der Waals surface area contributed by atoms with Crippen molar-refractivity contribution >= 4 is 25.6 Å². The predicted molar refractivity (Wildman–Crippen MR) is 92.2 cm³/mol. The fraction of sp³-hybridized carbons (Fsp3) is 0.562. The second kappa shape index (κ2) is 6.93. The number of ketones is 1. The first-order chi connectivity index (χ1) is 11.0. The Hall–Kier alpha value is -1.25. The summed E-state index contributed by atoms with van der Waals surface area (Å²) in [4.78, 5) is 11.4. The van der Waals surface area contributed by atoms with Gasteiger partial charge in [0.05, 0.1) is 16.4 Å². The molecule has 24 heavy (non-hydrogen) atoms. The van der Waals surface area contributed by atoms with Gasteiger partial charge < -0.3 is 0 Å². The summed E-state index contributed by atoms with van der Waals surface area (Å²) in [6.45, 7) is 5.46. The lowest BCUT2D eigenvalue weighted by molar-refractivity contribution is 0.101. The van der Waals surface area contributed by atoms with E-state index >= 15 is 0 Å². The van der Waals surface area contributed by atoms with Gasteiger partial charge in [0.15, 0.2) is 15.6 Å².